The Morgan fingerprint density at radius 2 is 1.84 bits per heavy atom. The molecule has 0 saturated carbocycles. The first-order chi connectivity index (χ1) is 15.2. The number of rotatable bonds is 5. The van der Waals surface area contributed by atoms with Crippen LogP contribution in [0.25, 0.3) is 0 Å². The number of benzene rings is 1. The number of nitrogens with one attached hydrogen (secondary N) is 1. The fourth-order valence-corrected chi connectivity index (χ4v) is 4.50. The second kappa shape index (κ2) is 10.3. The molecular weight excluding hydrogens is 396 g/mol. The molecule has 0 spiro atoms. The Morgan fingerprint density at radius 3 is 2.58 bits per heavy atom. The summed E-state index contributed by atoms with van der Waals surface area (Å²) in [6.07, 6.45) is 2.27. The topological polar surface area (TPSA) is 74.4 Å². The van der Waals surface area contributed by atoms with Crippen molar-refractivity contribution in [1.82, 2.24) is 15.1 Å². The number of carbonyl (C=O) groups is 2. The number of amides is 3. The lowest BCUT2D eigenvalue weighted by Gasteiger charge is -2.39. The van der Waals surface area contributed by atoms with E-state index >= 15 is 0 Å². The van der Waals surface area contributed by atoms with Crippen LogP contribution in [0.3, 0.4) is 0 Å². The highest BCUT2D eigenvalue weighted by Gasteiger charge is 2.34. The first-order valence-electron chi connectivity index (χ1n) is 11.6. The molecule has 2 fully saturated rings. The first-order valence-corrected chi connectivity index (χ1v) is 11.6. The van der Waals surface area contributed by atoms with E-state index in [9.17, 15) is 9.59 Å². The lowest BCUT2D eigenvalue weighted by Crippen LogP contribution is -2.52. The summed E-state index contributed by atoms with van der Waals surface area (Å²) in [6, 6.07) is 7.74. The number of likely N-dealkylation sites (tertiary alicyclic amines) is 1. The molecule has 8 heteroatoms. The van der Waals surface area contributed by atoms with E-state index in [4.69, 9.17) is 9.47 Å². The molecule has 1 atom stereocenters. The monoisotopic (exact) mass is 430 g/mol. The van der Waals surface area contributed by atoms with Gasteiger partial charge in [-0.3, -0.25) is 14.6 Å². The van der Waals surface area contributed by atoms with E-state index in [-0.39, 0.29) is 24.0 Å². The average molecular weight is 431 g/mol. The maximum absolute atomic E-state index is 13.3. The minimum atomic E-state index is -0.0193. The summed E-state index contributed by atoms with van der Waals surface area (Å²) in [7, 11) is 0. The third-order valence-electron chi connectivity index (χ3n) is 6.49. The number of hydrogen-bond acceptors (Lipinski definition) is 5. The Hall–Kier alpha value is -2.32. The summed E-state index contributed by atoms with van der Waals surface area (Å²) in [6.45, 7) is 8.79. The molecule has 1 aromatic rings. The molecule has 31 heavy (non-hydrogen) atoms. The van der Waals surface area contributed by atoms with Crippen molar-refractivity contribution in [3.63, 3.8) is 0 Å². The second-order valence-corrected chi connectivity index (χ2v) is 8.52. The van der Waals surface area contributed by atoms with Crippen molar-refractivity contribution in [2.75, 3.05) is 63.9 Å². The van der Waals surface area contributed by atoms with Crippen molar-refractivity contribution < 1.29 is 19.1 Å². The maximum Gasteiger partial charge on any atom is 0.324 e. The van der Waals surface area contributed by atoms with Crippen LogP contribution >= 0.6 is 0 Å². The van der Waals surface area contributed by atoms with Crippen molar-refractivity contribution in [2.24, 2.45) is 5.92 Å². The van der Waals surface area contributed by atoms with E-state index in [2.05, 4.69) is 17.1 Å². The van der Waals surface area contributed by atoms with Crippen LogP contribution in [0.15, 0.2) is 24.3 Å². The molecule has 0 bridgehead atoms. The average Bonchev–Trinajstić information content (AvgIpc) is 2.83. The molecule has 4 rings (SSSR count). The Morgan fingerprint density at radius 1 is 1.10 bits per heavy atom. The summed E-state index contributed by atoms with van der Waals surface area (Å²) in [5.74, 6) is 0.862. The Bertz CT molecular complexity index is 760. The number of ether oxygens (including phenoxy) is 2. The Labute approximate surface area is 184 Å². The molecule has 3 aliphatic rings. The second-order valence-electron chi connectivity index (χ2n) is 8.52. The van der Waals surface area contributed by atoms with Gasteiger partial charge in [0.15, 0.2) is 0 Å². The zero-order valence-electron chi connectivity index (χ0n) is 18.4. The van der Waals surface area contributed by atoms with Gasteiger partial charge in [0.05, 0.1) is 25.4 Å². The highest BCUT2D eigenvalue weighted by Crippen LogP contribution is 2.35. The third-order valence-corrected chi connectivity index (χ3v) is 6.49. The van der Waals surface area contributed by atoms with Crippen LogP contribution in [0.4, 0.5) is 10.5 Å². The van der Waals surface area contributed by atoms with Crippen molar-refractivity contribution in [1.29, 1.82) is 0 Å². The lowest BCUT2D eigenvalue weighted by atomic mass is 9.96. The van der Waals surface area contributed by atoms with Crippen LogP contribution in [0.5, 0.6) is 5.75 Å². The third kappa shape index (κ3) is 5.30. The minimum absolute atomic E-state index is 0.00799. The van der Waals surface area contributed by atoms with E-state index in [0.29, 0.717) is 39.0 Å². The van der Waals surface area contributed by atoms with Crippen LogP contribution in [0.1, 0.15) is 26.2 Å². The number of hydrogen-bond donors (Lipinski definition) is 1. The Kier molecular flexibility index (Phi) is 7.29. The van der Waals surface area contributed by atoms with Gasteiger partial charge in [-0.25, -0.2) is 4.79 Å². The van der Waals surface area contributed by atoms with Crippen molar-refractivity contribution in [3.8, 4) is 5.75 Å². The smallest absolute Gasteiger partial charge is 0.324 e. The maximum atomic E-state index is 13.3. The van der Waals surface area contributed by atoms with E-state index in [1.807, 2.05) is 34.1 Å². The number of anilines is 1. The van der Waals surface area contributed by atoms with Gasteiger partial charge >= 0.3 is 6.03 Å². The number of carbonyl (C=O) groups excluding carboxylic acids is 2. The van der Waals surface area contributed by atoms with E-state index in [1.54, 1.807) is 0 Å². The predicted octanol–water partition coefficient (Wildman–Crippen LogP) is 1.94. The number of urea groups is 1. The summed E-state index contributed by atoms with van der Waals surface area (Å²) >= 11 is 0. The van der Waals surface area contributed by atoms with Gasteiger partial charge in [0, 0.05) is 45.2 Å². The van der Waals surface area contributed by atoms with Gasteiger partial charge in [0.2, 0.25) is 5.91 Å². The molecule has 1 N–H and O–H groups in total. The molecule has 0 aliphatic carbocycles. The normalized spacial score (nSPS) is 22.5. The molecule has 0 aromatic heterocycles. The molecular formula is C23H34N4O4. The molecule has 1 aromatic carbocycles. The zero-order chi connectivity index (χ0) is 21.6. The number of fused-ring (bicyclic) bond motifs is 1. The molecule has 170 valence electrons. The van der Waals surface area contributed by atoms with E-state index < -0.39 is 0 Å². The van der Waals surface area contributed by atoms with Gasteiger partial charge in [-0.15, -0.1) is 0 Å². The van der Waals surface area contributed by atoms with Crippen LogP contribution in [-0.2, 0) is 9.53 Å². The fraction of sp³-hybridized carbons (Fsp3) is 0.652. The van der Waals surface area contributed by atoms with E-state index in [1.165, 1.54) is 0 Å². The number of nitrogens with zero attached hydrogens (tertiary/aromatic N) is 3. The van der Waals surface area contributed by atoms with Crippen LogP contribution < -0.4 is 15.0 Å². The molecule has 3 aliphatic heterocycles. The number of para-hydroxylation sites is 2. The molecule has 2 saturated heterocycles. The largest absolute Gasteiger partial charge is 0.486 e. The van der Waals surface area contributed by atoms with Gasteiger partial charge in [0.25, 0.3) is 0 Å². The van der Waals surface area contributed by atoms with Crippen LogP contribution in [-0.4, -0.2) is 86.9 Å². The molecule has 0 radical (unpaired) electrons. The lowest BCUT2D eigenvalue weighted by molar-refractivity contribution is -0.126. The molecule has 3 heterocycles. The van der Waals surface area contributed by atoms with Crippen molar-refractivity contribution >= 4 is 17.6 Å². The quantitative estimate of drug-likeness (QED) is 0.773. The standard InChI is InChI=1S/C23H34N4O4/c1-2-19-17-27(20-5-3-4-6-21(20)31-19)23(29)26-10-7-18(8-11-26)22(28)24-9-12-25-13-15-30-16-14-25/h3-6,18-19H,2,7-17H2,1H3,(H,24,28). The number of piperidine rings is 1. The summed E-state index contributed by atoms with van der Waals surface area (Å²) in [5.41, 5.74) is 0.833. The van der Waals surface area contributed by atoms with E-state index in [0.717, 1.165) is 50.7 Å². The van der Waals surface area contributed by atoms with Gasteiger partial charge < -0.3 is 19.7 Å². The van der Waals surface area contributed by atoms with Gasteiger partial charge in [-0.05, 0) is 31.4 Å². The summed E-state index contributed by atoms with van der Waals surface area (Å²) < 4.78 is 11.4. The van der Waals surface area contributed by atoms with Gasteiger partial charge in [-0.1, -0.05) is 19.1 Å². The summed E-state index contributed by atoms with van der Waals surface area (Å²) in [4.78, 5) is 31.9. The highest BCUT2D eigenvalue weighted by molar-refractivity contribution is 5.94. The van der Waals surface area contributed by atoms with Gasteiger partial charge in [-0.2, -0.15) is 0 Å². The van der Waals surface area contributed by atoms with Crippen molar-refractivity contribution in [2.45, 2.75) is 32.3 Å². The SMILES string of the molecule is CCC1CN(C(=O)N2CCC(C(=O)NCCN3CCOCC3)CC2)c2ccccc2O1. The predicted molar refractivity (Wildman–Crippen MR) is 118 cm³/mol. The van der Waals surface area contributed by atoms with Crippen molar-refractivity contribution in [3.05, 3.63) is 24.3 Å². The minimum Gasteiger partial charge on any atom is -0.486 e. The fourth-order valence-electron chi connectivity index (χ4n) is 4.50. The zero-order valence-corrected chi connectivity index (χ0v) is 18.4. The summed E-state index contributed by atoms with van der Waals surface area (Å²) in [5, 5.41) is 3.08. The Balaban J connectivity index is 1.26. The molecule has 3 amide bonds. The molecule has 8 nitrogen and oxygen atoms in total. The van der Waals surface area contributed by atoms with Gasteiger partial charge in [0.1, 0.15) is 11.9 Å². The molecule has 1 unspecified atom stereocenters. The van der Waals surface area contributed by atoms with Crippen LogP contribution in [0.2, 0.25) is 0 Å². The first kappa shape index (κ1) is 21.9. The highest BCUT2D eigenvalue weighted by atomic mass is 16.5. The van der Waals surface area contributed by atoms with Crippen LogP contribution in [0, 0.1) is 5.92 Å². The number of morpholine rings is 1.